The zero-order valence-electron chi connectivity index (χ0n) is 10.6. The van der Waals surface area contributed by atoms with Crippen LogP contribution in [0.1, 0.15) is 10.4 Å². The number of hydrogen-bond donors (Lipinski definition) is 2. The molecular weight excluding hydrogens is 294 g/mol. The van der Waals surface area contributed by atoms with Gasteiger partial charge in [0.05, 0.1) is 11.5 Å². The normalized spacial score (nSPS) is 11.8. The number of nitro groups is 1. The van der Waals surface area contributed by atoms with E-state index in [1.807, 2.05) is 5.32 Å². The topological polar surface area (TPSA) is 119 Å². The van der Waals surface area contributed by atoms with Crippen LogP contribution >= 0.6 is 0 Å². The van der Waals surface area contributed by atoms with E-state index in [0.717, 1.165) is 7.11 Å². The van der Waals surface area contributed by atoms with Gasteiger partial charge in [-0.3, -0.25) is 14.9 Å². The smallest absolute Gasteiger partial charge is 0.334 e. The Morgan fingerprint density at radius 3 is 2.57 bits per heavy atom. The Bertz CT molecular complexity index is 592. The molecule has 10 heteroatoms. The van der Waals surface area contributed by atoms with E-state index in [4.69, 9.17) is 5.11 Å². The molecule has 1 rings (SSSR count). The second-order valence-electron chi connectivity index (χ2n) is 3.79. The Kier molecular flexibility index (Phi) is 5.24. The average molecular weight is 304 g/mol. The number of carboxylic acid groups (broad SMARTS) is 1. The van der Waals surface area contributed by atoms with Gasteiger partial charge in [0.25, 0.3) is 5.91 Å². The quantitative estimate of drug-likeness (QED) is 0.590. The highest BCUT2D eigenvalue weighted by molar-refractivity contribution is 5.95. The first-order chi connectivity index (χ1) is 9.79. The van der Waals surface area contributed by atoms with Gasteiger partial charge in [-0.05, 0) is 6.07 Å². The summed E-state index contributed by atoms with van der Waals surface area (Å²) < 4.78 is 31.7. The van der Waals surface area contributed by atoms with Crippen molar-refractivity contribution in [2.24, 2.45) is 0 Å². The number of nitrogens with zero attached hydrogens (tertiary/aromatic N) is 1. The summed E-state index contributed by atoms with van der Waals surface area (Å²) >= 11 is 0. The fraction of sp³-hybridized carbons (Fsp3) is 0.273. The van der Waals surface area contributed by atoms with Crippen molar-refractivity contribution in [3.05, 3.63) is 39.4 Å². The molecule has 1 aromatic rings. The number of methoxy groups -OCH3 is 1. The number of nitro benzene ring substituents is 1. The van der Waals surface area contributed by atoms with Crippen LogP contribution in [0.2, 0.25) is 0 Å². The van der Waals surface area contributed by atoms with Crippen molar-refractivity contribution in [1.82, 2.24) is 5.32 Å². The largest absolute Gasteiger partial charge is 0.479 e. The molecule has 0 saturated heterocycles. The van der Waals surface area contributed by atoms with Crippen molar-refractivity contribution in [2.45, 2.75) is 6.10 Å². The molecule has 0 fully saturated rings. The number of carbonyl (C=O) groups is 2. The van der Waals surface area contributed by atoms with Crippen LogP contribution in [0, 0.1) is 21.7 Å². The number of aliphatic carboxylic acids is 1. The van der Waals surface area contributed by atoms with E-state index >= 15 is 0 Å². The van der Waals surface area contributed by atoms with Crippen LogP contribution in [0.3, 0.4) is 0 Å². The maximum atomic E-state index is 13.7. The first-order valence-electron chi connectivity index (χ1n) is 5.45. The molecule has 0 aliphatic heterocycles. The summed E-state index contributed by atoms with van der Waals surface area (Å²) in [6, 6.07) is 1.15. The Labute approximate surface area is 116 Å². The predicted molar refractivity (Wildman–Crippen MR) is 63.8 cm³/mol. The maximum absolute atomic E-state index is 13.7. The zero-order valence-corrected chi connectivity index (χ0v) is 10.6. The average Bonchev–Trinajstić information content (AvgIpc) is 2.38. The highest BCUT2D eigenvalue weighted by atomic mass is 19.1. The van der Waals surface area contributed by atoms with Crippen LogP contribution in [0.5, 0.6) is 0 Å². The summed E-state index contributed by atoms with van der Waals surface area (Å²) in [7, 11) is 1.07. The van der Waals surface area contributed by atoms with Crippen molar-refractivity contribution in [1.29, 1.82) is 0 Å². The van der Waals surface area contributed by atoms with Gasteiger partial charge in [0, 0.05) is 13.2 Å². The van der Waals surface area contributed by atoms with E-state index in [9.17, 15) is 28.5 Å². The van der Waals surface area contributed by atoms with Crippen LogP contribution in [-0.4, -0.2) is 41.7 Å². The van der Waals surface area contributed by atoms with Crippen molar-refractivity contribution in [2.75, 3.05) is 13.7 Å². The molecule has 0 spiro atoms. The van der Waals surface area contributed by atoms with Gasteiger partial charge in [-0.1, -0.05) is 0 Å². The van der Waals surface area contributed by atoms with Crippen LogP contribution in [0.15, 0.2) is 12.1 Å². The van der Waals surface area contributed by atoms with Crippen LogP contribution in [0.25, 0.3) is 0 Å². The van der Waals surface area contributed by atoms with E-state index in [1.54, 1.807) is 0 Å². The van der Waals surface area contributed by atoms with Crippen LogP contribution in [-0.2, 0) is 9.53 Å². The Balaban J connectivity index is 3.00. The summed E-state index contributed by atoms with van der Waals surface area (Å²) in [5, 5.41) is 21.1. The molecule has 1 aromatic carbocycles. The molecule has 0 aliphatic carbocycles. The summed E-state index contributed by atoms with van der Waals surface area (Å²) in [6.45, 7) is -0.563. The fourth-order valence-electron chi connectivity index (χ4n) is 1.44. The molecule has 0 bridgehead atoms. The number of amides is 1. The molecule has 0 radical (unpaired) electrons. The molecule has 0 saturated carbocycles. The van der Waals surface area contributed by atoms with Crippen molar-refractivity contribution in [3.8, 4) is 0 Å². The second kappa shape index (κ2) is 6.70. The molecule has 2 N–H and O–H groups in total. The Morgan fingerprint density at radius 2 is 2.10 bits per heavy atom. The second-order valence-corrected chi connectivity index (χ2v) is 3.79. The highest BCUT2D eigenvalue weighted by Gasteiger charge is 2.27. The van der Waals surface area contributed by atoms with Crippen molar-refractivity contribution < 1.29 is 33.1 Å². The third kappa shape index (κ3) is 3.69. The maximum Gasteiger partial charge on any atom is 0.334 e. The lowest BCUT2D eigenvalue weighted by Gasteiger charge is -2.12. The molecule has 1 unspecified atom stereocenters. The van der Waals surface area contributed by atoms with E-state index in [-0.39, 0.29) is 0 Å². The third-order valence-electron chi connectivity index (χ3n) is 2.50. The summed E-state index contributed by atoms with van der Waals surface area (Å²) in [6.07, 6.45) is -1.42. The van der Waals surface area contributed by atoms with Gasteiger partial charge in [-0.2, -0.15) is 4.39 Å². The number of halogens is 2. The lowest BCUT2D eigenvalue weighted by Crippen LogP contribution is -2.38. The summed E-state index contributed by atoms with van der Waals surface area (Å²) in [5.41, 5.74) is -2.23. The molecule has 0 aromatic heterocycles. The van der Waals surface area contributed by atoms with Crippen LogP contribution in [0.4, 0.5) is 14.5 Å². The number of rotatable bonds is 6. The van der Waals surface area contributed by atoms with Gasteiger partial charge in [0.15, 0.2) is 6.10 Å². The van der Waals surface area contributed by atoms with Crippen LogP contribution < -0.4 is 5.32 Å². The minimum Gasteiger partial charge on any atom is -0.479 e. The number of benzene rings is 1. The predicted octanol–water partition coefficient (Wildman–Crippen LogP) is 0.702. The first kappa shape index (κ1) is 16.4. The fourth-order valence-corrected chi connectivity index (χ4v) is 1.44. The molecule has 21 heavy (non-hydrogen) atoms. The Hall–Kier alpha value is -2.62. The highest BCUT2D eigenvalue weighted by Crippen LogP contribution is 2.22. The van der Waals surface area contributed by atoms with Gasteiger partial charge in [0.1, 0.15) is 11.4 Å². The molecule has 0 aliphatic rings. The van der Waals surface area contributed by atoms with Crippen molar-refractivity contribution >= 4 is 17.6 Å². The van der Waals surface area contributed by atoms with Crippen molar-refractivity contribution in [3.63, 3.8) is 0 Å². The van der Waals surface area contributed by atoms with Gasteiger partial charge in [-0.25, -0.2) is 9.18 Å². The molecule has 114 valence electrons. The first-order valence-corrected chi connectivity index (χ1v) is 5.45. The third-order valence-corrected chi connectivity index (χ3v) is 2.50. The summed E-state index contributed by atoms with van der Waals surface area (Å²) in [4.78, 5) is 31.7. The molecule has 1 atom stereocenters. The molecular formula is C11H10F2N2O6. The van der Waals surface area contributed by atoms with E-state index in [1.165, 1.54) is 0 Å². The number of nitrogens with one attached hydrogen (secondary N) is 1. The monoisotopic (exact) mass is 304 g/mol. The van der Waals surface area contributed by atoms with Gasteiger partial charge in [-0.15, -0.1) is 0 Å². The van der Waals surface area contributed by atoms with E-state index < -0.39 is 52.3 Å². The van der Waals surface area contributed by atoms with E-state index in [0.29, 0.717) is 12.1 Å². The minimum atomic E-state index is -1.64. The standard InChI is InChI=1S/C11H10F2N2O6/c1-21-7(11(17)18)4-14-10(16)8-5(12)2-3-6(9(8)13)15(19)20/h2-3,7H,4H2,1H3,(H,14,16)(H,17,18). The number of hydrogen-bond acceptors (Lipinski definition) is 5. The zero-order chi connectivity index (χ0) is 16.2. The minimum absolute atomic E-state index is 0.563. The number of carboxylic acids is 1. The lowest BCUT2D eigenvalue weighted by atomic mass is 10.1. The molecule has 8 nitrogen and oxygen atoms in total. The summed E-state index contributed by atoms with van der Waals surface area (Å²) in [5.74, 6) is -5.66. The van der Waals surface area contributed by atoms with Gasteiger partial charge >= 0.3 is 11.7 Å². The van der Waals surface area contributed by atoms with Gasteiger partial charge in [0.2, 0.25) is 5.82 Å². The van der Waals surface area contributed by atoms with E-state index in [2.05, 4.69) is 4.74 Å². The number of ether oxygens (including phenoxy) is 1. The van der Waals surface area contributed by atoms with Gasteiger partial charge < -0.3 is 15.2 Å². The Morgan fingerprint density at radius 1 is 1.48 bits per heavy atom. The number of carbonyl (C=O) groups excluding carboxylic acids is 1. The molecule has 0 heterocycles. The lowest BCUT2D eigenvalue weighted by molar-refractivity contribution is -0.387. The SMILES string of the molecule is COC(CNC(=O)c1c(F)ccc([N+](=O)[O-])c1F)C(=O)O. The molecule has 1 amide bonds.